The van der Waals surface area contributed by atoms with Crippen LogP contribution in [0, 0.1) is 5.92 Å². The molecule has 0 fully saturated rings. The largest absolute Gasteiger partial charge is 0.498 e. The van der Waals surface area contributed by atoms with Gasteiger partial charge >= 0.3 is 0 Å². The first-order valence-electron chi connectivity index (χ1n) is 6.27. The maximum absolute atomic E-state index is 5.66. The molecule has 16 heavy (non-hydrogen) atoms. The van der Waals surface area contributed by atoms with Gasteiger partial charge in [-0.1, -0.05) is 30.3 Å². The van der Waals surface area contributed by atoms with Crippen molar-refractivity contribution in [1.82, 2.24) is 0 Å². The molecule has 0 heterocycles. The summed E-state index contributed by atoms with van der Waals surface area (Å²) in [7, 11) is 0. The molecule has 0 N–H and O–H groups in total. The highest BCUT2D eigenvalue weighted by molar-refractivity contribution is 5.15. The average Bonchev–Trinajstić information content (AvgIpc) is 2.76. The number of benzene rings is 1. The second-order valence-corrected chi connectivity index (χ2v) is 4.34. The third-order valence-electron chi connectivity index (χ3n) is 3.20. The van der Waals surface area contributed by atoms with Crippen LogP contribution in [0.15, 0.2) is 42.2 Å². The van der Waals surface area contributed by atoms with Gasteiger partial charge in [0.05, 0.1) is 12.4 Å². The van der Waals surface area contributed by atoms with Gasteiger partial charge in [-0.3, -0.25) is 0 Å². The number of hydrogen-bond donors (Lipinski definition) is 0. The highest BCUT2D eigenvalue weighted by atomic mass is 16.5. The van der Waals surface area contributed by atoms with E-state index in [2.05, 4.69) is 43.3 Å². The minimum atomic E-state index is 0.653. The zero-order chi connectivity index (χ0) is 11.2. The van der Waals surface area contributed by atoms with E-state index in [1.54, 1.807) is 0 Å². The maximum atomic E-state index is 5.66. The molecule has 0 radical (unpaired) electrons. The fourth-order valence-corrected chi connectivity index (χ4v) is 2.35. The van der Waals surface area contributed by atoms with Crippen LogP contribution in [0.3, 0.4) is 0 Å². The van der Waals surface area contributed by atoms with Crippen LogP contribution in [-0.2, 0) is 11.2 Å². The first-order valence-corrected chi connectivity index (χ1v) is 6.27. The molecular formula is C15H20O. The van der Waals surface area contributed by atoms with Crippen LogP contribution in [0.25, 0.3) is 0 Å². The quantitative estimate of drug-likeness (QED) is 0.724. The van der Waals surface area contributed by atoms with Crippen molar-refractivity contribution >= 4 is 0 Å². The van der Waals surface area contributed by atoms with E-state index in [0.29, 0.717) is 5.92 Å². The minimum Gasteiger partial charge on any atom is -0.498 e. The Bertz CT molecular complexity index is 340. The topological polar surface area (TPSA) is 9.23 Å². The normalized spacial score (nSPS) is 19.6. The first kappa shape index (κ1) is 11.3. The average molecular weight is 216 g/mol. The Hall–Kier alpha value is -1.24. The van der Waals surface area contributed by atoms with Crippen molar-refractivity contribution in [2.45, 2.75) is 32.6 Å². The smallest absolute Gasteiger partial charge is 0.0950 e. The van der Waals surface area contributed by atoms with E-state index in [1.807, 2.05) is 0 Å². The van der Waals surface area contributed by atoms with Gasteiger partial charge in [-0.15, -0.1) is 0 Å². The Morgan fingerprint density at radius 3 is 2.81 bits per heavy atom. The van der Waals surface area contributed by atoms with Gasteiger partial charge in [0, 0.05) is 5.92 Å². The Kier molecular flexibility index (Phi) is 4.03. The first-order chi connectivity index (χ1) is 7.90. The molecule has 1 heteroatoms. The van der Waals surface area contributed by atoms with Crippen LogP contribution in [0.2, 0.25) is 0 Å². The summed E-state index contributed by atoms with van der Waals surface area (Å²) in [5.74, 6) is 1.89. The van der Waals surface area contributed by atoms with Crippen molar-refractivity contribution in [3.63, 3.8) is 0 Å². The number of hydrogen-bond acceptors (Lipinski definition) is 1. The van der Waals surface area contributed by atoms with E-state index in [0.717, 1.165) is 13.0 Å². The number of allylic oxidation sites excluding steroid dienone is 2. The molecule has 0 bridgehead atoms. The van der Waals surface area contributed by atoms with Crippen molar-refractivity contribution in [2.75, 3.05) is 6.61 Å². The molecule has 0 aromatic heterocycles. The van der Waals surface area contributed by atoms with Crippen molar-refractivity contribution < 1.29 is 4.74 Å². The molecule has 0 unspecified atom stereocenters. The van der Waals surface area contributed by atoms with Crippen LogP contribution >= 0.6 is 0 Å². The molecule has 1 aromatic carbocycles. The lowest BCUT2D eigenvalue weighted by Gasteiger charge is -2.15. The van der Waals surface area contributed by atoms with Gasteiger partial charge in [0.25, 0.3) is 0 Å². The number of rotatable bonds is 5. The van der Waals surface area contributed by atoms with Gasteiger partial charge in [-0.2, -0.15) is 0 Å². The summed E-state index contributed by atoms with van der Waals surface area (Å²) in [6.07, 6.45) is 7.10. The summed E-state index contributed by atoms with van der Waals surface area (Å²) in [4.78, 5) is 0. The molecule has 0 spiro atoms. The number of aryl methyl sites for hydroxylation is 1. The van der Waals surface area contributed by atoms with E-state index in [4.69, 9.17) is 4.74 Å². The molecule has 0 saturated carbocycles. The molecule has 1 aromatic rings. The lowest BCUT2D eigenvalue weighted by Crippen LogP contribution is -2.04. The lowest BCUT2D eigenvalue weighted by molar-refractivity contribution is 0.192. The van der Waals surface area contributed by atoms with Crippen LogP contribution < -0.4 is 0 Å². The van der Waals surface area contributed by atoms with Gasteiger partial charge < -0.3 is 4.74 Å². The van der Waals surface area contributed by atoms with Gasteiger partial charge in [-0.05, 0) is 44.2 Å². The molecular weight excluding hydrogens is 196 g/mol. The highest BCUT2D eigenvalue weighted by Gasteiger charge is 2.19. The summed E-state index contributed by atoms with van der Waals surface area (Å²) in [6, 6.07) is 10.7. The highest BCUT2D eigenvalue weighted by Crippen LogP contribution is 2.30. The molecule has 1 aliphatic rings. The molecule has 0 aliphatic heterocycles. The van der Waals surface area contributed by atoms with E-state index in [9.17, 15) is 0 Å². The molecule has 1 atom stereocenters. The Morgan fingerprint density at radius 1 is 1.25 bits per heavy atom. The van der Waals surface area contributed by atoms with Crippen molar-refractivity contribution in [3.8, 4) is 0 Å². The summed E-state index contributed by atoms with van der Waals surface area (Å²) in [5.41, 5.74) is 1.44. The molecule has 86 valence electrons. The van der Waals surface area contributed by atoms with E-state index in [-0.39, 0.29) is 0 Å². The van der Waals surface area contributed by atoms with Crippen LogP contribution in [-0.4, -0.2) is 6.61 Å². The fraction of sp³-hybridized carbons (Fsp3) is 0.467. The molecule has 2 rings (SSSR count). The monoisotopic (exact) mass is 216 g/mol. The van der Waals surface area contributed by atoms with Gasteiger partial charge in [-0.25, -0.2) is 0 Å². The summed E-state index contributed by atoms with van der Waals surface area (Å²) in [5, 5.41) is 0. The van der Waals surface area contributed by atoms with Gasteiger partial charge in [0.2, 0.25) is 0 Å². The predicted octanol–water partition coefficient (Wildman–Crippen LogP) is 3.95. The van der Waals surface area contributed by atoms with Crippen molar-refractivity contribution in [1.29, 1.82) is 0 Å². The maximum Gasteiger partial charge on any atom is 0.0950 e. The molecule has 0 saturated heterocycles. The predicted molar refractivity (Wildman–Crippen MR) is 67.2 cm³/mol. The molecule has 1 aliphatic carbocycles. The zero-order valence-corrected chi connectivity index (χ0v) is 9.99. The summed E-state index contributed by atoms with van der Waals surface area (Å²) >= 11 is 0. The third-order valence-corrected chi connectivity index (χ3v) is 3.20. The third kappa shape index (κ3) is 2.88. The van der Waals surface area contributed by atoms with E-state index >= 15 is 0 Å². The Labute approximate surface area is 98.1 Å². The second-order valence-electron chi connectivity index (χ2n) is 4.34. The summed E-state index contributed by atoms with van der Waals surface area (Å²) < 4.78 is 5.66. The number of ether oxygens (including phenoxy) is 1. The van der Waals surface area contributed by atoms with Crippen LogP contribution in [0.4, 0.5) is 0 Å². The van der Waals surface area contributed by atoms with Crippen LogP contribution in [0.5, 0.6) is 0 Å². The van der Waals surface area contributed by atoms with Crippen LogP contribution in [0.1, 0.15) is 31.7 Å². The van der Waals surface area contributed by atoms with Gasteiger partial charge in [0.1, 0.15) is 0 Å². The Balaban J connectivity index is 1.84. The summed E-state index contributed by atoms with van der Waals surface area (Å²) in [6.45, 7) is 2.86. The SMILES string of the molecule is CCOC1=CCC[C@@H]1CCc1ccccc1. The van der Waals surface area contributed by atoms with Crippen molar-refractivity contribution in [2.24, 2.45) is 5.92 Å². The fourth-order valence-electron chi connectivity index (χ4n) is 2.35. The zero-order valence-electron chi connectivity index (χ0n) is 9.99. The van der Waals surface area contributed by atoms with Crippen molar-refractivity contribution in [3.05, 3.63) is 47.7 Å². The van der Waals surface area contributed by atoms with E-state index < -0.39 is 0 Å². The Morgan fingerprint density at radius 2 is 2.06 bits per heavy atom. The second kappa shape index (κ2) is 5.74. The van der Waals surface area contributed by atoms with Gasteiger partial charge in [0.15, 0.2) is 0 Å². The standard InChI is InChI=1S/C15H20O/c1-2-16-15-10-6-9-14(15)12-11-13-7-4-3-5-8-13/h3-5,7-8,10,14H,2,6,9,11-12H2,1H3/t14-/m1/s1. The minimum absolute atomic E-state index is 0.653. The lowest BCUT2D eigenvalue weighted by atomic mass is 9.98. The molecule has 1 nitrogen and oxygen atoms in total. The van der Waals surface area contributed by atoms with E-state index in [1.165, 1.54) is 30.6 Å². The molecule has 0 amide bonds.